The first-order valence-electron chi connectivity index (χ1n) is 7.96. The van der Waals surface area contributed by atoms with Crippen LogP contribution in [0.15, 0.2) is 72.4 Å². The largest absolute Gasteiger partial charge is 0.355 e. The first-order chi connectivity index (χ1) is 11.7. The van der Waals surface area contributed by atoms with Crippen LogP contribution in [0.3, 0.4) is 0 Å². The fourth-order valence-corrected chi connectivity index (χ4v) is 3.17. The first-order valence-corrected chi connectivity index (χ1v) is 7.96. The SMILES string of the molecule is O=[N+]([O-])C1=CCCC=C1c1ccc2cc(-c3ccccc3)[nH]c2c1. The first kappa shape index (κ1) is 14.5. The zero-order valence-electron chi connectivity index (χ0n) is 13.0. The van der Waals surface area contributed by atoms with E-state index in [1.165, 1.54) is 0 Å². The van der Waals surface area contributed by atoms with E-state index in [1.54, 1.807) is 6.08 Å². The van der Waals surface area contributed by atoms with Crippen LogP contribution in [0.1, 0.15) is 18.4 Å². The van der Waals surface area contributed by atoms with Crippen molar-refractivity contribution < 1.29 is 4.92 Å². The lowest BCUT2D eigenvalue weighted by atomic mass is 9.96. The number of nitrogens with one attached hydrogen (secondary N) is 1. The average Bonchev–Trinajstić information content (AvgIpc) is 3.05. The molecule has 0 atom stereocenters. The van der Waals surface area contributed by atoms with Gasteiger partial charge in [0.05, 0.1) is 10.5 Å². The van der Waals surface area contributed by atoms with Gasteiger partial charge in [0.1, 0.15) is 0 Å². The van der Waals surface area contributed by atoms with Gasteiger partial charge in [-0.1, -0.05) is 48.5 Å². The Morgan fingerprint density at radius 1 is 0.917 bits per heavy atom. The van der Waals surface area contributed by atoms with Crippen molar-refractivity contribution in [2.24, 2.45) is 0 Å². The van der Waals surface area contributed by atoms with Crippen LogP contribution in [-0.2, 0) is 0 Å². The van der Waals surface area contributed by atoms with Gasteiger partial charge in [0, 0.05) is 16.6 Å². The second kappa shape index (κ2) is 5.81. The van der Waals surface area contributed by atoms with Gasteiger partial charge >= 0.3 is 0 Å². The zero-order valence-corrected chi connectivity index (χ0v) is 13.0. The van der Waals surface area contributed by atoms with Crippen molar-refractivity contribution in [3.8, 4) is 11.3 Å². The molecule has 4 rings (SSSR count). The number of aromatic nitrogens is 1. The summed E-state index contributed by atoms with van der Waals surface area (Å²) in [6, 6.07) is 18.2. The number of nitrogens with zero attached hydrogens (tertiary/aromatic N) is 1. The van der Waals surface area contributed by atoms with E-state index < -0.39 is 0 Å². The molecule has 0 aliphatic heterocycles. The smallest absolute Gasteiger partial charge is 0.272 e. The van der Waals surface area contributed by atoms with Gasteiger partial charge in [-0.3, -0.25) is 10.1 Å². The van der Waals surface area contributed by atoms with Crippen LogP contribution in [0.2, 0.25) is 0 Å². The summed E-state index contributed by atoms with van der Waals surface area (Å²) in [6.45, 7) is 0. The third-order valence-electron chi connectivity index (χ3n) is 4.34. The van der Waals surface area contributed by atoms with Gasteiger partial charge in [-0.25, -0.2) is 0 Å². The van der Waals surface area contributed by atoms with Crippen LogP contribution in [0.4, 0.5) is 0 Å². The molecule has 0 saturated heterocycles. The number of hydrogen-bond acceptors (Lipinski definition) is 2. The number of fused-ring (bicyclic) bond motifs is 1. The minimum Gasteiger partial charge on any atom is -0.355 e. The van der Waals surface area contributed by atoms with Crippen LogP contribution >= 0.6 is 0 Å². The lowest BCUT2D eigenvalue weighted by molar-refractivity contribution is -0.417. The molecule has 4 heteroatoms. The molecule has 1 aliphatic carbocycles. The molecule has 3 aromatic rings. The highest BCUT2D eigenvalue weighted by Crippen LogP contribution is 2.32. The number of aromatic amines is 1. The predicted molar refractivity (Wildman–Crippen MR) is 96.0 cm³/mol. The Hall–Kier alpha value is -3.14. The van der Waals surface area contributed by atoms with E-state index >= 15 is 0 Å². The molecule has 0 bridgehead atoms. The topological polar surface area (TPSA) is 58.9 Å². The van der Waals surface area contributed by atoms with E-state index in [9.17, 15) is 10.1 Å². The van der Waals surface area contributed by atoms with Crippen molar-refractivity contribution in [3.05, 3.63) is 88.1 Å². The maximum atomic E-state index is 11.3. The Labute approximate surface area is 139 Å². The molecule has 118 valence electrons. The number of rotatable bonds is 3. The fraction of sp³-hybridized carbons (Fsp3) is 0.100. The normalized spacial score (nSPS) is 14.3. The Morgan fingerprint density at radius 2 is 1.71 bits per heavy atom. The van der Waals surface area contributed by atoms with Crippen LogP contribution in [0.25, 0.3) is 27.7 Å². The Bertz CT molecular complexity index is 981. The highest BCUT2D eigenvalue weighted by molar-refractivity contribution is 5.90. The summed E-state index contributed by atoms with van der Waals surface area (Å²) < 4.78 is 0. The number of hydrogen-bond donors (Lipinski definition) is 1. The lowest BCUT2D eigenvalue weighted by Gasteiger charge is -2.09. The van der Waals surface area contributed by atoms with Crippen molar-refractivity contribution in [1.82, 2.24) is 4.98 Å². The van der Waals surface area contributed by atoms with E-state index in [-0.39, 0.29) is 10.6 Å². The molecule has 1 aliphatic rings. The van der Waals surface area contributed by atoms with Gasteiger partial charge < -0.3 is 4.98 Å². The van der Waals surface area contributed by atoms with Crippen molar-refractivity contribution in [1.29, 1.82) is 0 Å². The van der Waals surface area contributed by atoms with Gasteiger partial charge in [0.2, 0.25) is 0 Å². The van der Waals surface area contributed by atoms with E-state index in [0.29, 0.717) is 5.57 Å². The summed E-state index contributed by atoms with van der Waals surface area (Å²) in [6.07, 6.45) is 5.23. The second-order valence-electron chi connectivity index (χ2n) is 5.89. The fourth-order valence-electron chi connectivity index (χ4n) is 3.17. The van der Waals surface area contributed by atoms with Gasteiger partial charge in [-0.05, 0) is 42.2 Å². The van der Waals surface area contributed by atoms with Crippen molar-refractivity contribution in [3.63, 3.8) is 0 Å². The number of benzene rings is 2. The maximum absolute atomic E-state index is 11.3. The highest BCUT2D eigenvalue weighted by Gasteiger charge is 2.21. The summed E-state index contributed by atoms with van der Waals surface area (Å²) in [5, 5.41) is 12.4. The van der Waals surface area contributed by atoms with Crippen LogP contribution < -0.4 is 0 Å². The molecule has 1 N–H and O–H groups in total. The molecular weight excluding hydrogens is 300 g/mol. The van der Waals surface area contributed by atoms with E-state index in [0.717, 1.165) is 40.6 Å². The van der Waals surface area contributed by atoms with Crippen molar-refractivity contribution >= 4 is 16.5 Å². The van der Waals surface area contributed by atoms with Crippen molar-refractivity contribution in [2.45, 2.75) is 12.8 Å². The van der Waals surface area contributed by atoms with Crippen LogP contribution in [0.5, 0.6) is 0 Å². The second-order valence-corrected chi connectivity index (χ2v) is 5.89. The summed E-state index contributed by atoms with van der Waals surface area (Å²) in [5.41, 5.74) is 4.95. The Kier molecular flexibility index (Phi) is 3.50. The zero-order chi connectivity index (χ0) is 16.5. The van der Waals surface area contributed by atoms with Crippen molar-refractivity contribution in [2.75, 3.05) is 0 Å². The molecule has 0 amide bonds. The van der Waals surface area contributed by atoms with Gasteiger partial charge in [0.25, 0.3) is 5.70 Å². The van der Waals surface area contributed by atoms with E-state index in [4.69, 9.17) is 0 Å². The molecule has 0 saturated carbocycles. The third kappa shape index (κ3) is 2.52. The maximum Gasteiger partial charge on any atom is 0.272 e. The molecule has 1 aromatic heterocycles. The van der Waals surface area contributed by atoms with E-state index in [1.807, 2.05) is 42.5 Å². The third-order valence-corrected chi connectivity index (χ3v) is 4.34. The van der Waals surface area contributed by atoms with E-state index in [2.05, 4.69) is 23.2 Å². The number of allylic oxidation sites excluding steroid dienone is 3. The van der Waals surface area contributed by atoms with Gasteiger partial charge in [-0.15, -0.1) is 0 Å². The minimum absolute atomic E-state index is 0.204. The molecular formula is C20H16N2O2. The lowest BCUT2D eigenvalue weighted by Crippen LogP contribution is -2.04. The molecule has 0 radical (unpaired) electrons. The average molecular weight is 316 g/mol. The molecule has 0 spiro atoms. The Morgan fingerprint density at radius 3 is 2.50 bits per heavy atom. The summed E-state index contributed by atoms with van der Waals surface area (Å²) in [4.78, 5) is 14.4. The molecule has 1 heterocycles. The van der Waals surface area contributed by atoms with Crippen LogP contribution in [0, 0.1) is 10.1 Å². The molecule has 0 fully saturated rings. The quantitative estimate of drug-likeness (QED) is 0.535. The monoisotopic (exact) mass is 316 g/mol. The van der Waals surface area contributed by atoms with Gasteiger partial charge in [-0.2, -0.15) is 0 Å². The summed E-state index contributed by atoms with van der Waals surface area (Å²) in [5.74, 6) is 0. The Balaban J connectivity index is 1.78. The molecule has 4 nitrogen and oxygen atoms in total. The standard InChI is InChI=1S/C20H16N2O2/c23-22(24)20-9-5-4-8-17(20)15-10-11-16-13-18(21-19(16)12-15)14-6-2-1-3-7-14/h1-3,6-13,21H,4-5H2. The molecule has 2 aromatic carbocycles. The number of H-pyrrole nitrogens is 1. The molecule has 24 heavy (non-hydrogen) atoms. The predicted octanol–water partition coefficient (Wildman–Crippen LogP) is 5.17. The number of nitro groups is 1. The minimum atomic E-state index is -0.292. The molecule has 0 unspecified atom stereocenters. The summed E-state index contributed by atoms with van der Waals surface area (Å²) in [7, 11) is 0. The van der Waals surface area contributed by atoms with Crippen LogP contribution in [-0.4, -0.2) is 9.91 Å². The highest BCUT2D eigenvalue weighted by atomic mass is 16.6. The van der Waals surface area contributed by atoms with Gasteiger partial charge in [0.15, 0.2) is 0 Å². The summed E-state index contributed by atoms with van der Waals surface area (Å²) >= 11 is 0.